The summed E-state index contributed by atoms with van der Waals surface area (Å²) in [5, 5.41) is 0. The summed E-state index contributed by atoms with van der Waals surface area (Å²) in [5.41, 5.74) is 4.59. The molecule has 4 heteroatoms. The van der Waals surface area contributed by atoms with Crippen molar-refractivity contribution in [3.05, 3.63) is 45.9 Å². The largest absolute Gasteiger partial charge is 0.497 e. The summed E-state index contributed by atoms with van der Waals surface area (Å²) in [5.74, 6) is 0.919. The number of thiazole rings is 1. The van der Waals surface area contributed by atoms with Gasteiger partial charge in [-0.2, -0.15) is 0 Å². The number of ether oxygens (including phenoxy) is 1. The van der Waals surface area contributed by atoms with Crippen molar-refractivity contribution < 1.29 is 4.74 Å². The molecule has 0 aliphatic carbocycles. The van der Waals surface area contributed by atoms with Crippen LogP contribution in [0.25, 0.3) is 0 Å². The highest BCUT2D eigenvalue weighted by Crippen LogP contribution is 2.23. The van der Waals surface area contributed by atoms with Gasteiger partial charge in [0, 0.05) is 30.9 Å². The minimum absolute atomic E-state index is 0.919. The molecule has 1 aromatic heterocycles. The monoisotopic (exact) mass is 260 g/mol. The van der Waals surface area contributed by atoms with E-state index in [0.29, 0.717) is 0 Å². The Bertz CT molecular complexity index is 521. The normalized spacial score (nSPS) is 15.4. The Morgan fingerprint density at radius 2 is 2.17 bits per heavy atom. The average Bonchev–Trinajstić information content (AvgIpc) is 2.87. The van der Waals surface area contributed by atoms with Gasteiger partial charge < -0.3 is 4.74 Å². The van der Waals surface area contributed by atoms with Crippen LogP contribution in [0.2, 0.25) is 0 Å². The number of hydrogen-bond donors (Lipinski definition) is 0. The SMILES string of the molecule is COc1ccc(CN2CCc3ncsc3C2)cc1. The van der Waals surface area contributed by atoms with Gasteiger partial charge in [-0.3, -0.25) is 4.90 Å². The van der Waals surface area contributed by atoms with Crippen LogP contribution < -0.4 is 4.74 Å². The van der Waals surface area contributed by atoms with E-state index >= 15 is 0 Å². The van der Waals surface area contributed by atoms with E-state index in [1.165, 1.54) is 16.1 Å². The molecule has 1 aromatic carbocycles. The van der Waals surface area contributed by atoms with Crippen molar-refractivity contribution >= 4 is 11.3 Å². The highest BCUT2D eigenvalue weighted by molar-refractivity contribution is 7.09. The number of rotatable bonds is 3. The molecular formula is C14H16N2OS. The van der Waals surface area contributed by atoms with Crippen molar-refractivity contribution in [2.75, 3.05) is 13.7 Å². The van der Waals surface area contributed by atoms with Crippen LogP contribution in [-0.2, 0) is 19.5 Å². The van der Waals surface area contributed by atoms with Gasteiger partial charge in [-0.05, 0) is 17.7 Å². The molecule has 0 amide bonds. The fraction of sp³-hybridized carbons (Fsp3) is 0.357. The Hall–Kier alpha value is -1.39. The highest BCUT2D eigenvalue weighted by Gasteiger charge is 2.18. The number of methoxy groups -OCH3 is 1. The Morgan fingerprint density at radius 3 is 2.94 bits per heavy atom. The van der Waals surface area contributed by atoms with Crippen LogP contribution in [0.5, 0.6) is 5.75 Å². The zero-order valence-electron chi connectivity index (χ0n) is 10.4. The maximum Gasteiger partial charge on any atom is 0.118 e. The third-order valence-electron chi connectivity index (χ3n) is 3.32. The van der Waals surface area contributed by atoms with Crippen molar-refractivity contribution in [1.29, 1.82) is 0 Å². The van der Waals surface area contributed by atoms with E-state index in [-0.39, 0.29) is 0 Å². The number of nitrogens with zero attached hydrogens (tertiary/aromatic N) is 2. The predicted molar refractivity (Wildman–Crippen MR) is 72.9 cm³/mol. The second-order valence-corrected chi connectivity index (χ2v) is 5.47. The lowest BCUT2D eigenvalue weighted by Gasteiger charge is -2.25. The summed E-state index contributed by atoms with van der Waals surface area (Å²) in [4.78, 5) is 8.30. The Balaban J connectivity index is 1.67. The summed E-state index contributed by atoms with van der Waals surface area (Å²) in [7, 11) is 1.70. The van der Waals surface area contributed by atoms with E-state index < -0.39 is 0 Å². The maximum absolute atomic E-state index is 5.18. The van der Waals surface area contributed by atoms with Crippen molar-refractivity contribution in [3.63, 3.8) is 0 Å². The fourth-order valence-corrected chi connectivity index (χ4v) is 3.15. The van der Waals surface area contributed by atoms with Crippen LogP contribution in [0.1, 0.15) is 16.1 Å². The molecule has 0 saturated heterocycles. The van der Waals surface area contributed by atoms with Crippen LogP contribution in [0.4, 0.5) is 0 Å². The van der Waals surface area contributed by atoms with Crippen molar-refractivity contribution in [1.82, 2.24) is 9.88 Å². The molecule has 1 aliphatic heterocycles. The third kappa shape index (κ3) is 2.40. The Kier molecular flexibility index (Phi) is 3.30. The van der Waals surface area contributed by atoms with E-state index in [1.54, 1.807) is 18.4 Å². The smallest absolute Gasteiger partial charge is 0.118 e. The van der Waals surface area contributed by atoms with E-state index in [9.17, 15) is 0 Å². The summed E-state index contributed by atoms with van der Waals surface area (Å²) in [6, 6.07) is 8.33. The minimum Gasteiger partial charge on any atom is -0.497 e. The van der Waals surface area contributed by atoms with Crippen LogP contribution in [0, 0.1) is 0 Å². The first-order chi connectivity index (χ1) is 8.85. The molecular weight excluding hydrogens is 244 g/mol. The van der Waals surface area contributed by atoms with Gasteiger partial charge in [0.2, 0.25) is 0 Å². The molecule has 0 N–H and O–H groups in total. The molecule has 0 spiro atoms. The van der Waals surface area contributed by atoms with Crippen LogP contribution in [0.15, 0.2) is 29.8 Å². The van der Waals surface area contributed by atoms with Crippen LogP contribution in [0.3, 0.4) is 0 Å². The Labute approximate surface area is 111 Å². The molecule has 0 atom stereocenters. The molecule has 2 heterocycles. The molecule has 1 aliphatic rings. The molecule has 0 saturated carbocycles. The van der Waals surface area contributed by atoms with E-state index in [2.05, 4.69) is 22.0 Å². The van der Waals surface area contributed by atoms with Gasteiger partial charge in [0.15, 0.2) is 0 Å². The maximum atomic E-state index is 5.18. The molecule has 0 fully saturated rings. The van der Waals surface area contributed by atoms with E-state index in [1.807, 2.05) is 17.6 Å². The number of fused-ring (bicyclic) bond motifs is 1. The molecule has 0 radical (unpaired) electrons. The molecule has 2 aromatic rings. The summed E-state index contributed by atoms with van der Waals surface area (Å²) >= 11 is 1.77. The first-order valence-electron chi connectivity index (χ1n) is 6.11. The molecule has 0 bridgehead atoms. The first kappa shape index (κ1) is 11.7. The van der Waals surface area contributed by atoms with Crippen molar-refractivity contribution in [2.24, 2.45) is 0 Å². The van der Waals surface area contributed by atoms with Gasteiger partial charge in [0.25, 0.3) is 0 Å². The zero-order chi connectivity index (χ0) is 12.4. The molecule has 3 nitrogen and oxygen atoms in total. The fourth-order valence-electron chi connectivity index (χ4n) is 2.30. The Morgan fingerprint density at radius 1 is 1.33 bits per heavy atom. The van der Waals surface area contributed by atoms with Crippen LogP contribution in [-0.4, -0.2) is 23.5 Å². The van der Waals surface area contributed by atoms with Crippen LogP contribution >= 0.6 is 11.3 Å². The quantitative estimate of drug-likeness (QED) is 0.848. The molecule has 18 heavy (non-hydrogen) atoms. The second-order valence-electron chi connectivity index (χ2n) is 4.53. The van der Waals surface area contributed by atoms with Gasteiger partial charge >= 0.3 is 0 Å². The van der Waals surface area contributed by atoms with Gasteiger partial charge in [-0.25, -0.2) is 4.98 Å². The lowest BCUT2D eigenvalue weighted by Crippen LogP contribution is -2.29. The molecule has 0 unspecified atom stereocenters. The third-order valence-corrected chi connectivity index (χ3v) is 4.18. The van der Waals surface area contributed by atoms with E-state index in [0.717, 1.165) is 31.8 Å². The van der Waals surface area contributed by atoms with Crippen molar-refractivity contribution in [2.45, 2.75) is 19.5 Å². The average molecular weight is 260 g/mol. The second kappa shape index (κ2) is 5.08. The number of hydrogen-bond acceptors (Lipinski definition) is 4. The lowest BCUT2D eigenvalue weighted by atomic mass is 10.1. The molecule has 94 valence electrons. The van der Waals surface area contributed by atoms with E-state index in [4.69, 9.17) is 4.74 Å². The standard InChI is InChI=1S/C14H16N2OS/c1-17-12-4-2-11(3-5-12)8-16-7-6-13-14(9-16)18-10-15-13/h2-5,10H,6-9H2,1H3. The van der Waals surface area contributed by atoms with Gasteiger partial charge in [0.1, 0.15) is 5.75 Å². The summed E-state index contributed by atoms with van der Waals surface area (Å²) in [6.45, 7) is 3.14. The molecule has 3 rings (SSSR count). The van der Waals surface area contributed by atoms with Gasteiger partial charge in [-0.15, -0.1) is 11.3 Å². The lowest BCUT2D eigenvalue weighted by molar-refractivity contribution is 0.247. The van der Waals surface area contributed by atoms with Gasteiger partial charge in [0.05, 0.1) is 18.3 Å². The topological polar surface area (TPSA) is 25.4 Å². The summed E-state index contributed by atoms with van der Waals surface area (Å²) in [6.07, 6.45) is 1.08. The van der Waals surface area contributed by atoms with Crippen molar-refractivity contribution in [3.8, 4) is 5.75 Å². The van der Waals surface area contributed by atoms with Gasteiger partial charge in [-0.1, -0.05) is 12.1 Å². The highest BCUT2D eigenvalue weighted by atomic mass is 32.1. The first-order valence-corrected chi connectivity index (χ1v) is 6.99. The predicted octanol–water partition coefficient (Wildman–Crippen LogP) is 2.71. The zero-order valence-corrected chi connectivity index (χ0v) is 11.2. The number of benzene rings is 1. The summed E-state index contributed by atoms with van der Waals surface area (Å²) < 4.78 is 5.18. The number of aromatic nitrogens is 1. The minimum atomic E-state index is 0.919.